The molecule has 0 heterocycles. The van der Waals surface area contributed by atoms with Gasteiger partial charge in [0.1, 0.15) is 0 Å². The highest BCUT2D eigenvalue weighted by atomic mass is 31.1. The van der Waals surface area contributed by atoms with Gasteiger partial charge in [-0.25, -0.2) is 0 Å². The lowest BCUT2D eigenvalue weighted by molar-refractivity contribution is 0.500. The maximum Gasteiger partial charge on any atom is -0.00263 e. The second-order valence-electron chi connectivity index (χ2n) is 7.05. The Hall–Kier alpha value is -0.350. The molecule has 0 aromatic heterocycles. The maximum atomic E-state index is 2.56. The predicted molar refractivity (Wildman–Crippen MR) is 91.7 cm³/mol. The van der Waals surface area contributed by atoms with Gasteiger partial charge in [-0.15, -0.1) is 0 Å². The third-order valence-corrected chi connectivity index (χ3v) is 8.77. The van der Waals surface area contributed by atoms with Gasteiger partial charge in [0.25, 0.3) is 0 Å². The van der Waals surface area contributed by atoms with Crippen molar-refractivity contribution in [2.24, 2.45) is 17.8 Å². The van der Waals surface area contributed by atoms with Gasteiger partial charge in [0.2, 0.25) is 0 Å². The van der Waals surface area contributed by atoms with Gasteiger partial charge in [-0.2, -0.15) is 0 Å². The Labute approximate surface area is 126 Å². The summed E-state index contributed by atoms with van der Waals surface area (Å²) >= 11 is 0. The van der Waals surface area contributed by atoms with Crippen LogP contribution in [0.2, 0.25) is 0 Å². The fraction of sp³-hybridized carbons (Fsp3) is 0.684. The van der Waals surface area contributed by atoms with Crippen LogP contribution in [0.25, 0.3) is 0 Å². The molecule has 0 N–H and O–H groups in total. The molecule has 0 amide bonds. The molecule has 0 radical (unpaired) electrons. The molecule has 0 bridgehead atoms. The average Bonchev–Trinajstić information content (AvgIpc) is 3.14. The summed E-state index contributed by atoms with van der Waals surface area (Å²) in [7, 11) is 0.184. The van der Waals surface area contributed by atoms with Crippen LogP contribution < -0.4 is 0 Å². The first-order valence-corrected chi connectivity index (χ1v) is 10.3. The average molecular weight is 288 g/mol. The van der Waals surface area contributed by atoms with Crippen molar-refractivity contribution in [1.82, 2.24) is 0 Å². The van der Waals surface area contributed by atoms with Crippen LogP contribution in [0.5, 0.6) is 0 Å². The van der Waals surface area contributed by atoms with Crippen LogP contribution in [0.15, 0.2) is 36.0 Å². The molecule has 3 aliphatic carbocycles. The molecular formula is C19H29P. The van der Waals surface area contributed by atoms with E-state index in [2.05, 4.69) is 44.2 Å². The summed E-state index contributed by atoms with van der Waals surface area (Å²) in [5, 5.41) is 0. The molecule has 3 aliphatic rings. The molecule has 20 heavy (non-hydrogen) atoms. The number of rotatable bonds is 5. The number of hydrogen-bond acceptors (Lipinski definition) is 0. The standard InChI is InChI=1S/C19H29P/c1-15-7-5-9-17(15)13-20(19-11-3-4-12-19)14-18-10-6-8-16(18)2/h3,5,8-9,11,15,17-19H,4,6-7,10,12-14H2,1-2H3/t15-,17-,18+,19+,20?/m0/s1. The minimum Gasteiger partial charge on any atom is -0.0984 e. The van der Waals surface area contributed by atoms with Crippen molar-refractivity contribution in [2.45, 2.75) is 51.6 Å². The number of hydrogen-bond donors (Lipinski definition) is 0. The third kappa shape index (κ3) is 3.28. The Morgan fingerprint density at radius 2 is 2.00 bits per heavy atom. The van der Waals surface area contributed by atoms with Gasteiger partial charge < -0.3 is 0 Å². The topological polar surface area (TPSA) is 0 Å². The molecule has 0 saturated carbocycles. The molecule has 1 unspecified atom stereocenters. The van der Waals surface area contributed by atoms with E-state index in [1.807, 2.05) is 0 Å². The summed E-state index contributed by atoms with van der Waals surface area (Å²) in [6.45, 7) is 4.82. The van der Waals surface area contributed by atoms with Crippen LogP contribution >= 0.6 is 7.92 Å². The van der Waals surface area contributed by atoms with Crippen molar-refractivity contribution >= 4 is 7.92 Å². The Balaban J connectivity index is 1.65. The molecule has 0 spiro atoms. The van der Waals surface area contributed by atoms with Crippen molar-refractivity contribution in [1.29, 1.82) is 0 Å². The van der Waals surface area contributed by atoms with Gasteiger partial charge in [-0.1, -0.05) is 50.8 Å². The second kappa shape index (κ2) is 6.61. The third-order valence-electron chi connectivity index (χ3n) is 5.60. The summed E-state index contributed by atoms with van der Waals surface area (Å²) in [5.74, 6) is 2.68. The first-order chi connectivity index (χ1) is 9.74. The Kier molecular flexibility index (Phi) is 4.82. The molecule has 3 rings (SSSR count). The minimum absolute atomic E-state index is 0.184. The SMILES string of the molecule is CC1=CCC[C@@H]1CP(C[C@@H]1C=CC[C@@H]1C)[C@@H]1C=CCC1. The van der Waals surface area contributed by atoms with Crippen LogP contribution in [0, 0.1) is 17.8 Å². The van der Waals surface area contributed by atoms with Crippen molar-refractivity contribution in [3.05, 3.63) is 36.0 Å². The summed E-state index contributed by atoms with van der Waals surface area (Å²) in [5.41, 5.74) is 2.62. The van der Waals surface area contributed by atoms with Gasteiger partial charge in [0.15, 0.2) is 0 Å². The van der Waals surface area contributed by atoms with Crippen LogP contribution in [-0.2, 0) is 0 Å². The highest BCUT2D eigenvalue weighted by Crippen LogP contribution is 2.52. The monoisotopic (exact) mass is 288 g/mol. The summed E-state index contributed by atoms with van der Waals surface area (Å²) < 4.78 is 0. The zero-order chi connectivity index (χ0) is 13.9. The van der Waals surface area contributed by atoms with Crippen molar-refractivity contribution in [2.75, 3.05) is 12.3 Å². The Bertz CT molecular complexity index is 413. The van der Waals surface area contributed by atoms with Crippen LogP contribution in [0.3, 0.4) is 0 Å². The zero-order valence-corrected chi connectivity index (χ0v) is 14.0. The first kappa shape index (κ1) is 14.6. The van der Waals surface area contributed by atoms with Gasteiger partial charge in [-0.3, -0.25) is 0 Å². The van der Waals surface area contributed by atoms with E-state index in [0.717, 1.165) is 23.4 Å². The Morgan fingerprint density at radius 1 is 1.10 bits per heavy atom. The maximum absolute atomic E-state index is 2.56. The van der Waals surface area contributed by atoms with Crippen molar-refractivity contribution < 1.29 is 0 Å². The molecule has 5 atom stereocenters. The van der Waals surface area contributed by atoms with E-state index in [9.17, 15) is 0 Å². The van der Waals surface area contributed by atoms with Gasteiger partial charge in [0, 0.05) is 0 Å². The van der Waals surface area contributed by atoms with Crippen LogP contribution in [-0.4, -0.2) is 18.0 Å². The summed E-state index contributed by atoms with van der Waals surface area (Å²) in [6, 6.07) is 0. The van der Waals surface area contributed by atoms with E-state index >= 15 is 0 Å². The van der Waals surface area contributed by atoms with Crippen molar-refractivity contribution in [3.63, 3.8) is 0 Å². The largest absolute Gasteiger partial charge is 0.0984 e. The molecule has 0 saturated heterocycles. The van der Waals surface area contributed by atoms with Crippen LogP contribution in [0.4, 0.5) is 0 Å². The fourth-order valence-electron chi connectivity index (χ4n) is 4.04. The van der Waals surface area contributed by atoms with Gasteiger partial charge >= 0.3 is 0 Å². The quantitative estimate of drug-likeness (QED) is 0.446. The van der Waals surface area contributed by atoms with Gasteiger partial charge in [-0.05, 0) is 74.8 Å². The van der Waals surface area contributed by atoms with Crippen molar-refractivity contribution in [3.8, 4) is 0 Å². The lowest BCUT2D eigenvalue weighted by Gasteiger charge is -2.30. The molecule has 0 aromatic carbocycles. The predicted octanol–water partition coefficient (Wildman–Crippen LogP) is 5.76. The molecule has 0 nitrogen and oxygen atoms in total. The first-order valence-electron chi connectivity index (χ1n) is 8.48. The molecule has 0 aromatic rings. The van der Waals surface area contributed by atoms with E-state index < -0.39 is 0 Å². The molecule has 0 fully saturated rings. The highest BCUT2D eigenvalue weighted by Gasteiger charge is 2.30. The lowest BCUT2D eigenvalue weighted by Crippen LogP contribution is -2.17. The molecule has 110 valence electrons. The zero-order valence-electron chi connectivity index (χ0n) is 13.1. The normalized spacial score (nSPS) is 37.6. The molecular weight excluding hydrogens is 259 g/mol. The van der Waals surface area contributed by atoms with E-state index in [1.54, 1.807) is 5.57 Å². The highest BCUT2D eigenvalue weighted by molar-refractivity contribution is 7.58. The lowest BCUT2D eigenvalue weighted by atomic mass is 10.0. The fourth-order valence-corrected chi connectivity index (χ4v) is 7.66. The smallest absolute Gasteiger partial charge is 0.00263 e. The molecule has 1 heteroatoms. The van der Waals surface area contributed by atoms with E-state index in [-0.39, 0.29) is 7.92 Å². The van der Waals surface area contributed by atoms with E-state index in [0.29, 0.717) is 0 Å². The molecule has 0 aliphatic heterocycles. The van der Waals surface area contributed by atoms with Gasteiger partial charge in [0.05, 0.1) is 0 Å². The second-order valence-corrected chi connectivity index (χ2v) is 9.63. The number of allylic oxidation sites excluding steroid dienone is 6. The summed E-state index contributed by atoms with van der Waals surface area (Å²) in [4.78, 5) is 0. The van der Waals surface area contributed by atoms with E-state index in [4.69, 9.17) is 0 Å². The summed E-state index contributed by atoms with van der Waals surface area (Å²) in [6.07, 6.45) is 22.3. The van der Waals surface area contributed by atoms with Crippen LogP contribution in [0.1, 0.15) is 46.0 Å². The Morgan fingerprint density at radius 3 is 2.60 bits per heavy atom. The minimum atomic E-state index is 0.184. The van der Waals surface area contributed by atoms with E-state index in [1.165, 1.54) is 44.4 Å².